The van der Waals surface area contributed by atoms with Crippen LogP contribution < -0.4 is 25.5 Å². The number of carbonyl (C=O) groups excluding carboxylic acids is 3. The summed E-state index contributed by atoms with van der Waals surface area (Å²) in [4.78, 5) is 36.7. The third-order valence-electron chi connectivity index (χ3n) is 5.08. The number of esters is 1. The van der Waals surface area contributed by atoms with Crippen molar-refractivity contribution in [3.8, 4) is 11.5 Å². The Hall–Kier alpha value is -4.60. The van der Waals surface area contributed by atoms with Gasteiger partial charge in [-0.3, -0.25) is 4.79 Å². The highest BCUT2D eigenvalue weighted by molar-refractivity contribution is 5.95. The lowest BCUT2D eigenvalue weighted by Crippen LogP contribution is -2.45. The fraction of sp³-hybridized carbons (Fsp3) is 0.231. The van der Waals surface area contributed by atoms with Crippen LogP contribution in [0.1, 0.15) is 31.0 Å². The maximum absolute atomic E-state index is 12.5. The van der Waals surface area contributed by atoms with Gasteiger partial charge < -0.3 is 24.8 Å². The van der Waals surface area contributed by atoms with Crippen molar-refractivity contribution in [1.29, 1.82) is 0 Å². The first kappa shape index (κ1) is 26.0. The van der Waals surface area contributed by atoms with Crippen molar-refractivity contribution in [2.75, 3.05) is 20.3 Å². The Bertz CT molecular complexity index is 1190. The summed E-state index contributed by atoms with van der Waals surface area (Å²) in [5, 5.41) is 9.17. The zero-order chi connectivity index (χ0) is 25.9. The first-order valence-electron chi connectivity index (χ1n) is 11.2. The average Bonchev–Trinajstić information content (AvgIpc) is 2.87. The second-order valence-electron chi connectivity index (χ2n) is 7.57. The van der Waals surface area contributed by atoms with E-state index < -0.39 is 23.9 Å². The molecular weight excluding hydrogens is 464 g/mol. The van der Waals surface area contributed by atoms with Crippen LogP contribution in [-0.2, 0) is 14.3 Å². The molecule has 0 radical (unpaired) electrons. The van der Waals surface area contributed by atoms with Crippen LogP contribution in [0.25, 0.3) is 6.08 Å². The molecule has 0 spiro atoms. The van der Waals surface area contributed by atoms with Gasteiger partial charge in [0.1, 0.15) is 0 Å². The van der Waals surface area contributed by atoms with E-state index in [-0.39, 0.29) is 18.8 Å². The molecule has 2 aromatic rings. The minimum atomic E-state index is -0.748. The summed E-state index contributed by atoms with van der Waals surface area (Å²) in [6.45, 7) is 3.23. The van der Waals surface area contributed by atoms with Gasteiger partial charge in [0.2, 0.25) is 0 Å². The van der Waals surface area contributed by atoms with Crippen molar-refractivity contribution in [2.45, 2.75) is 19.9 Å². The first-order valence-corrected chi connectivity index (χ1v) is 11.2. The normalized spacial score (nSPS) is 15.4. The van der Waals surface area contributed by atoms with Gasteiger partial charge in [0.15, 0.2) is 18.1 Å². The van der Waals surface area contributed by atoms with Crippen molar-refractivity contribution in [3.05, 3.63) is 77.0 Å². The molecule has 3 amide bonds. The molecule has 0 fully saturated rings. The number of amides is 3. The number of nitrogens with one attached hydrogen (secondary N) is 3. The number of hydrogen-bond acceptors (Lipinski definition) is 7. The Labute approximate surface area is 209 Å². The second-order valence-corrected chi connectivity index (χ2v) is 7.57. The summed E-state index contributed by atoms with van der Waals surface area (Å²) in [7, 11) is 1.45. The highest BCUT2D eigenvalue weighted by atomic mass is 16.5. The molecule has 1 heterocycles. The van der Waals surface area contributed by atoms with Gasteiger partial charge in [0.25, 0.3) is 5.91 Å². The molecule has 2 aromatic carbocycles. The van der Waals surface area contributed by atoms with Crippen LogP contribution in [0, 0.1) is 0 Å². The number of methoxy groups -OCH3 is 1. The number of hydrogen-bond donors (Lipinski definition) is 3. The highest BCUT2D eigenvalue weighted by Gasteiger charge is 2.32. The molecule has 3 rings (SSSR count). The zero-order valence-corrected chi connectivity index (χ0v) is 20.2. The van der Waals surface area contributed by atoms with E-state index >= 15 is 0 Å². The zero-order valence-electron chi connectivity index (χ0n) is 20.2. The molecule has 3 N–H and O–H groups in total. The molecule has 1 aliphatic heterocycles. The number of carbonyl (C=O) groups is 3. The van der Waals surface area contributed by atoms with Crippen LogP contribution in [0.15, 0.2) is 71.0 Å². The standard InChI is InChI=1S/C26H28N4O6/c1-4-35-25(32)23-17(2)28-26(33)29-24(23)19-12-13-20(21(15-19)34-3)36-16-22(31)30-27-14-8-11-18-9-6-5-7-10-18/h5-15,24H,4,16H2,1-3H3,(H,30,31)(H2,28,29,33)/b11-8+,27-14-/t24-/m1/s1. The molecule has 1 aliphatic rings. The van der Waals surface area contributed by atoms with E-state index in [4.69, 9.17) is 14.2 Å². The summed E-state index contributed by atoms with van der Waals surface area (Å²) >= 11 is 0. The molecule has 36 heavy (non-hydrogen) atoms. The number of hydrazone groups is 1. The second kappa shape index (κ2) is 12.7. The van der Waals surface area contributed by atoms with Crippen molar-refractivity contribution < 1.29 is 28.6 Å². The molecule has 0 bridgehead atoms. The Morgan fingerprint density at radius 1 is 1.14 bits per heavy atom. The van der Waals surface area contributed by atoms with E-state index in [0.29, 0.717) is 22.8 Å². The Kier molecular flexibility index (Phi) is 9.21. The number of rotatable bonds is 10. The molecule has 0 saturated carbocycles. The monoisotopic (exact) mass is 492 g/mol. The third-order valence-corrected chi connectivity index (χ3v) is 5.08. The predicted octanol–water partition coefficient (Wildman–Crippen LogP) is 3.08. The lowest BCUT2D eigenvalue weighted by atomic mass is 9.95. The molecule has 10 heteroatoms. The van der Waals surface area contributed by atoms with Gasteiger partial charge in [-0.05, 0) is 43.2 Å². The molecule has 188 valence electrons. The quantitative estimate of drug-likeness (QED) is 0.266. The fourth-order valence-corrected chi connectivity index (χ4v) is 3.45. The molecule has 1 atom stereocenters. The number of benzene rings is 2. The van der Waals surface area contributed by atoms with Gasteiger partial charge in [-0.1, -0.05) is 42.5 Å². The SMILES string of the molecule is CCOC(=O)C1=C(C)NC(=O)N[C@@H]1c1ccc(OCC(=O)N/N=C\C=C\c2ccccc2)c(OC)c1. The first-order chi connectivity index (χ1) is 17.4. The van der Waals surface area contributed by atoms with Crippen molar-refractivity contribution >= 4 is 30.2 Å². The number of allylic oxidation sites excluding steroid dienone is 2. The minimum absolute atomic E-state index is 0.196. The van der Waals surface area contributed by atoms with E-state index in [0.717, 1.165) is 5.56 Å². The minimum Gasteiger partial charge on any atom is -0.493 e. The van der Waals surface area contributed by atoms with E-state index in [9.17, 15) is 14.4 Å². The predicted molar refractivity (Wildman–Crippen MR) is 134 cm³/mol. The average molecular weight is 493 g/mol. The van der Waals surface area contributed by atoms with E-state index in [2.05, 4.69) is 21.2 Å². The number of urea groups is 1. The molecule has 0 saturated heterocycles. The van der Waals surface area contributed by atoms with Crippen LogP contribution in [0.4, 0.5) is 4.79 Å². The Morgan fingerprint density at radius 3 is 2.64 bits per heavy atom. The van der Waals surface area contributed by atoms with E-state index in [1.165, 1.54) is 13.3 Å². The van der Waals surface area contributed by atoms with E-state index in [1.54, 1.807) is 38.1 Å². The summed E-state index contributed by atoms with van der Waals surface area (Å²) in [5.41, 5.74) is 4.66. The third kappa shape index (κ3) is 6.95. The summed E-state index contributed by atoms with van der Waals surface area (Å²) < 4.78 is 16.1. The number of nitrogens with zero attached hydrogens (tertiary/aromatic N) is 1. The van der Waals surface area contributed by atoms with E-state index in [1.807, 2.05) is 36.4 Å². The maximum Gasteiger partial charge on any atom is 0.338 e. The van der Waals surface area contributed by atoms with Gasteiger partial charge in [0, 0.05) is 11.9 Å². The van der Waals surface area contributed by atoms with Crippen LogP contribution in [0.2, 0.25) is 0 Å². The molecule has 0 unspecified atom stereocenters. The summed E-state index contributed by atoms with van der Waals surface area (Å²) in [6.07, 6.45) is 5.02. The number of ether oxygens (including phenoxy) is 3. The van der Waals surface area contributed by atoms with Gasteiger partial charge >= 0.3 is 12.0 Å². The van der Waals surface area contributed by atoms with Crippen molar-refractivity contribution in [1.82, 2.24) is 16.1 Å². The highest BCUT2D eigenvalue weighted by Crippen LogP contribution is 2.34. The van der Waals surface area contributed by atoms with Gasteiger partial charge in [-0.25, -0.2) is 15.0 Å². The smallest absolute Gasteiger partial charge is 0.338 e. The van der Waals surface area contributed by atoms with Crippen molar-refractivity contribution in [3.63, 3.8) is 0 Å². The van der Waals surface area contributed by atoms with Gasteiger partial charge in [0.05, 0.1) is 25.3 Å². The Morgan fingerprint density at radius 2 is 1.92 bits per heavy atom. The topological polar surface area (TPSA) is 127 Å². The Balaban J connectivity index is 1.64. The lowest BCUT2D eigenvalue weighted by molar-refractivity contribution is -0.139. The van der Waals surface area contributed by atoms with Gasteiger partial charge in [-0.15, -0.1) is 0 Å². The molecule has 0 aliphatic carbocycles. The molecule has 0 aromatic heterocycles. The van der Waals surface area contributed by atoms with Crippen LogP contribution >= 0.6 is 0 Å². The van der Waals surface area contributed by atoms with Crippen LogP contribution in [-0.4, -0.2) is 44.4 Å². The molecule has 10 nitrogen and oxygen atoms in total. The fourth-order valence-electron chi connectivity index (χ4n) is 3.45. The summed E-state index contributed by atoms with van der Waals surface area (Å²) in [6, 6.07) is 13.4. The van der Waals surface area contributed by atoms with Gasteiger partial charge in [-0.2, -0.15) is 5.10 Å². The van der Waals surface area contributed by atoms with Crippen LogP contribution in [0.3, 0.4) is 0 Å². The largest absolute Gasteiger partial charge is 0.493 e. The summed E-state index contributed by atoms with van der Waals surface area (Å²) in [5.74, 6) is -0.367. The lowest BCUT2D eigenvalue weighted by Gasteiger charge is -2.28. The maximum atomic E-state index is 12.5. The van der Waals surface area contributed by atoms with Crippen molar-refractivity contribution in [2.24, 2.45) is 5.10 Å². The van der Waals surface area contributed by atoms with Crippen LogP contribution in [0.5, 0.6) is 11.5 Å². The molecular formula is C26H28N4O6.